The lowest BCUT2D eigenvalue weighted by molar-refractivity contribution is -0.155. The number of carbonyl (C=O) groups excluding carboxylic acids is 2. The van der Waals surface area contributed by atoms with Crippen LogP contribution in [0.15, 0.2) is 30.3 Å². The van der Waals surface area contributed by atoms with Crippen molar-refractivity contribution >= 4 is 23.8 Å². The number of aliphatic carboxylic acids is 1. The molecule has 2 N–H and O–H groups in total. The minimum atomic E-state index is -1.19. The third-order valence-electron chi connectivity index (χ3n) is 2.98. The highest BCUT2D eigenvalue weighted by Crippen LogP contribution is 2.09. The normalized spacial score (nSPS) is 9.92. The van der Waals surface area contributed by atoms with Gasteiger partial charge in [0.25, 0.3) is 0 Å². The van der Waals surface area contributed by atoms with Crippen LogP contribution in [-0.2, 0) is 23.9 Å². The zero-order chi connectivity index (χ0) is 18.5. The molecule has 0 fully saturated rings. The smallest absolute Gasteiger partial charge is 0.349 e. The Hall–Kier alpha value is -2.90. The molecule has 0 unspecified atom stereocenters. The van der Waals surface area contributed by atoms with E-state index >= 15 is 0 Å². The van der Waals surface area contributed by atoms with E-state index in [0.717, 1.165) is 0 Å². The number of carbonyl (C=O) groups is 3. The molecule has 0 amide bonds. The van der Waals surface area contributed by atoms with Gasteiger partial charge in [0.15, 0.2) is 19.1 Å². The van der Waals surface area contributed by atoms with Gasteiger partial charge in [-0.1, -0.05) is 24.6 Å². The summed E-state index contributed by atoms with van der Waals surface area (Å²) in [4.78, 5) is 32.9. The second-order valence-corrected chi connectivity index (χ2v) is 5.11. The van der Waals surface area contributed by atoms with E-state index in [1.807, 2.05) is 0 Å². The molecule has 0 aliphatic carbocycles. The molecule has 0 aliphatic rings. The van der Waals surface area contributed by atoms with Gasteiger partial charge < -0.3 is 19.3 Å². The molecule has 8 nitrogen and oxygen atoms in total. The van der Waals surface area contributed by atoms with E-state index in [4.69, 9.17) is 20.0 Å². The van der Waals surface area contributed by atoms with Crippen LogP contribution < -0.4 is 4.74 Å². The second kappa shape index (κ2) is 11.6. The number of benzene rings is 1. The maximum Gasteiger partial charge on any atom is 0.349 e. The number of carboxylic acids is 1. The molecule has 136 valence electrons. The van der Waals surface area contributed by atoms with Gasteiger partial charge in [0.1, 0.15) is 5.75 Å². The van der Waals surface area contributed by atoms with Gasteiger partial charge in [0.2, 0.25) is 0 Å². The summed E-state index contributed by atoms with van der Waals surface area (Å²) in [5, 5.41) is 16.0. The Balaban J connectivity index is 2.04. The Morgan fingerprint density at radius 1 is 0.880 bits per heavy atom. The summed E-state index contributed by atoms with van der Waals surface area (Å²) < 4.78 is 14.5. The summed E-state index contributed by atoms with van der Waals surface area (Å²) in [6, 6.07) is 8.57. The van der Waals surface area contributed by atoms with Crippen molar-refractivity contribution in [2.75, 3.05) is 13.2 Å². The number of hydrogen-bond donors (Lipinski definition) is 2. The van der Waals surface area contributed by atoms with E-state index in [1.165, 1.54) is 0 Å². The third kappa shape index (κ3) is 10.5. The molecule has 0 spiro atoms. The Morgan fingerprint density at radius 3 is 2.24 bits per heavy atom. The van der Waals surface area contributed by atoms with Gasteiger partial charge in [-0.25, -0.2) is 9.59 Å². The van der Waals surface area contributed by atoms with Crippen molar-refractivity contribution in [2.45, 2.75) is 32.1 Å². The average Bonchev–Trinajstić information content (AvgIpc) is 2.58. The first-order valence-electron chi connectivity index (χ1n) is 7.80. The Morgan fingerprint density at radius 2 is 1.56 bits per heavy atom. The largest absolute Gasteiger partial charge is 0.479 e. The third-order valence-corrected chi connectivity index (χ3v) is 2.98. The number of nitrogens with one attached hydrogen (secondary N) is 1. The number of hydrogen-bond acceptors (Lipinski definition) is 7. The highest BCUT2D eigenvalue weighted by atomic mass is 16.6. The lowest BCUT2D eigenvalue weighted by Gasteiger charge is -2.07. The molecule has 1 aromatic rings. The highest BCUT2D eigenvalue weighted by molar-refractivity contribution is 5.79. The SMILES string of the molecule is N=C(CCCCCC(=O)OCC(=O)O)OCC(=O)Oc1ccccc1. The first-order chi connectivity index (χ1) is 12.0. The number of carboxylic acid groups (broad SMARTS) is 1. The lowest BCUT2D eigenvalue weighted by atomic mass is 10.1. The van der Waals surface area contributed by atoms with Gasteiger partial charge in [-0.3, -0.25) is 10.2 Å². The van der Waals surface area contributed by atoms with Crippen molar-refractivity contribution in [1.82, 2.24) is 0 Å². The molecule has 0 saturated carbocycles. The summed E-state index contributed by atoms with van der Waals surface area (Å²) in [6.45, 7) is -0.967. The highest BCUT2D eigenvalue weighted by Gasteiger charge is 2.08. The minimum absolute atomic E-state index is 0.0292. The molecule has 8 heteroatoms. The van der Waals surface area contributed by atoms with Crippen molar-refractivity contribution in [3.8, 4) is 5.75 Å². The van der Waals surface area contributed by atoms with Crippen LogP contribution in [0, 0.1) is 5.41 Å². The quantitative estimate of drug-likeness (QED) is 0.206. The van der Waals surface area contributed by atoms with Crippen LogP contribution in [0.2, 0.25) is 0 Å². The number of ether oxygens (including phenoxy) is 3. The van der Waals surface area contributed by atoms with Crippen LogP contribution in [0.3, 0.4) is 0 Å². The van der Waals surface area contributed by atoms with Crippen LogP contribution in [0.1, 0.15) is 32.1 Å². The molecule has 1 aromatic carbocycles. The minimum Gasteiger partial charge on any atom is -0.479 e. The first-order valence-corrected chi connectivity index (χ1v) is 7.80. The molecule has 0 heterocycles. The van der Waals surface area contributed by atoms with Gasteiger partial charge in [0.05, 0.1) is 0 Å². The van der Waals surface area contributed by atoms with E-state index in [2.05, 4.69) is 4.74 Å². The summed E-state index contributed by atoms with van der Waals surface area (Å²) in [6.07, 6.45) is 2.26. The lowest BCUT2D eigenvalue weighted by Crippen LogP contribution is -2.18. The molecular weight excluding hydrogens is 330 g/mol. The molecule has 0 radical (unpaired) electrons. The zero-order valence-corrected chi connectivity index (χ0v) is 13.7. The fourth-order valence-electron chi connectivity index (χ4n) is 1.81. The van der Waals surface area contributed by atoms with Crippen molar-refractivity contribution < 1.29 is 33.7 Å². The molecular formula is C17H21NO7. The Labute approximate surface area is 145 Å². The van der Waals surface area contributed by atoms with Crippen LogP contribution in [0.25, 0.3) is 0 Å². The molecule has 0 saturated heterocycles. The summed E-state index contributed by atoms with van der Waals surface area (Å²) in [5.74, 6) is -1.95. The zero-order valence-electron chi connectivity index (χ0n) is 13.7. The first kappa shape index (κ1) is 20.1. The number of rotatable bonds is 11. The van der Waals surface area contributed by atoms with Gasteiger partial charge in [-0.2, -0.15) is 0 Å². The maximum atomic E-state index is 11.5. The van der Waals surface area contributed by atoms with Crippen molar-refractivity contribution in [3.05, 3.63) is 30.3 Å². The topological polar surface area (TPSA) is 123 Å². The van der Waals surface area contributed by atoms with E-state index in [0.29, 0.717) is 31.4 Å². The van der Waals surface area contributed by atoms with Crippen molar-refractivity contribution in [3.63, 3.8) is 0 Å². The molecule has 0 aromatic heterocycles. The summed E-state index contributed by atoms with van der Waals surface area (Å²) in [7, 11) is 0. The summed E-state index contributed by atoms with van der Waals surface area (Å²) >= 11 is 0. The Kier molecular flexibility index (Phi) is 9.35. The van der Waals surface area contributed by atoms with E-state index < -0.39 is 24.5 Å². The Bertz CT molecular complexity index is 586. The van der Waals surface area contributed by atoms with Crippen molar-refractivity contribution in [1.29, 1.82) is 5.41 Å². The predicted octanol–water partition coefficient (Wildman–Crippen LogP) is 2.16. The molecule has 0 bridgehead atoms. The number of para-hydroxylation sites is 1. The fraction of sp³-hybridized carbons (Fsp3) is 0.412. The standard InChI is InChI=1S/C17H21NO7/c18-14(9-5-2-6-10-16(21)24-11-15(19)20)23-12-17(22)25-13-7-3-1-4-8-13/h1,3-4,7-8,18H,2,5-6,9-12H2,(H,19,20). The van der Waals surface area contributed by atoms with E-state index in [-0.39, 0.29) is 18.9 Å². The van der Waals surface area contributed by atoms with Crippen LogP contribution >= 0.6 is 0 Å². The second-order valence-electron chi connectivity index (χ2n) is 5.11. The predicted molar refractivity (Wildman–Crippen MR) is 87.4 cm³/mol. The average molecular weight is 351 g/mol. The monoisotopic (exact) mass is 351 g/mol. The van der Waals surface area contributed by atoms with Crippen LogP contribution in [0.4, 0.5) is 0 Å². The van der Waals surface area contributed by atoms with Gasteiger partial charge in [-0.05, 0) is 25.0 Å². The summed E-state index contributed by atoms with van der Waals surface area (Å²) in [5.41, 5.74) is 0. The van der Waals surface area contributed by atoms with E-state index in [9.17, 15) is 14.4 Å². The van der Waals surface area contributed by atoms with Gasteiger partial charge >= 0.3 is 17.9 Å². The molecule has 25 heavy (non-hydrogen) atoms. The van der Waals surface area contributed by atoms with Crippen molar-refractivity contribution in [2.24, 2.45) is 0 Å². The number of esters is 2. The maximum absolute atomic E-state index is 11.5. The van der Waals surface area contributed by atoms with E-state index in [1.54, 1.807) is 30.3 Å². The molecule has 0 atom stereocenters. The van der Waals surface area contributed by atoms with Crippen LogP contribution in [-0.4, -0.2) is 42.1 Å². The molecule has 0 aliphatic heterocycles. The van der Waals surface area contributed by atoms with Gasteiger partial charge in [0, 0.05) is 12.8 Å². The van der Waals surface area contributed by atoms with Gasteiger partial charge in [-0.15, -0.1) is 0 Å². The fourth-order valence-corrected chi connectivity index (χ4v) is 1.81. The van der Waals surface area contributed by atoms with Crippen LogP contribution in [0.5, 0.6) is 5.75 Å². The number of unbranched alkanes of at least 4 members (excludes halogenated alkanes) is 2. The molecule has 1 rings (SSSR count).